The number of hydrogen-bond acceptors (Lipinski definition) is 6. The second kappa shape index (κ2) is 5.38. The van der Waals surface area contributed by atoms with E-state index in [4.69, 9.17) is 11.6 Å². The quantitative estimate of drug-likeness (QED) is 0.639. The number of non-ortho nitro benzene ring substituents is 1. The molecule has 2 aromatic rings. The number of amides is 1. The molecule has 21 heavy (non-hydrogen) atoms. The summed E-state index contributed by atoms with van der Waals surface area (Å²) >= 11 is 6.94. The second-order valence-electron chi connectivity index (χ2n) is 4.50. The van der Waals surface area contributed by atoms with E-state index in [1.54, 1.807) is 11.0 Å². The van der Waals surface area contributed by atoms with Gasteiger partial charge in [-0.1, -0.05) is 11.3 Å². The van der Waals surface area contributed by atoms with Crippen LogP contribution in [-0.4, -0.2) is 21.0 Å². The van der Waals surface area contributed by atoms with Crippen LogP contribution < -0.4 is 4.90 Å². The summed E-state index contributed by atoms with van der Waals surface area (Å²) in [6.45, 7) is 0.272. The highest BCUT2D eigenvalue weighted by atomic mass is 35.5. The predicted octanol–water partition coefficient (Wildman–Crippen LogP) is 2.58. The van der Waals surface area contributed by atoms with E-state index in [2.05, 4.69) is 10.2 Å². The largest absolute Gasteiger partial charge is 0.305 e. The molecule has 3 rings (SSSR count). The van der Waals surface area contributed by atoms with Gasteiger partial charge in [0.25, 0.3) is 5.69 Å². The first-order valence-corrected chi connectivity index (χ1v) is 7.29. The first-order chi connectivity index (χ1) is 10.0. The summed E-state index contributed by atoms with van der Waals surface area (Å²) in [6.07, 6.45) is 0.823. The van der Waals surface area contributed by atoms with Gasteiger partial charge < -0.3 is 4.90 Å². The van der Waals surface area contributed by atoms with Crippen LogP contribution in [-0.2, 0) is 17.8 Å². The van der Waals surface area contributed by atoms with Gasteiger partial charge in [-0.05, 0) is 29.7 Å². The summed E-state index contributed by atoms with van der Waals surface area (Å²) in [5.74, 6) is -0.0392. The predicted molar refractivity (Wildman–Crippen MR) is 77.5 cm³/mol. The lowest BCUT2D eigenvalue weighted by atomic mass is 10.0. The van der Waals surface area contributed by atoms with Crippen molar-refractivity contribution in [1.29, 1.82) is 0 Å². The van der Waals surface area contributed by atoms with Crippen LogP contribution in [0.1, 0.15) is 17.0 Å². The Kier molecular flexibility index (Phi) is 3.56. The van der Waals surface area contributed by atoms with Gasteiger partial charge in [0, 0.05) is 24.2 Å². The van der Waals surface area contributed by atoms with E-state index >= 15 is 0 Å². The van der Waals surface area contributed by atoms with E-state index in [1.807, 2.05) is 0 Å². The number of nitro benzene ring substituents is 1. The summed E-state index contributed by atoms with van der Waals surface area (Å²) in [6, 6.07) is 4.52. The molecule has 0 saturated heterocycles. The molecule has 2 heterocycles. The molecule has 0 N–H and O–H groups in total. The molecule has 0 atom stereocenters. The lowest BCUT2D eigenvalue weighted by Gasteiger charge is -2.28. The molecule has 0 spiro atoms. The van der Waals surface area contributed by atoms with Gasteiger partial charge in [-0.15, -0.1) is 10.2 Å². The summed E-state index contributed by atoms with van der Waals surface area (Å²) in [4.78, 5) is 24.1. The minimum absolute atomic E-state index is 0.0296. The van der Waals surface area contributed by atoms with Crippen molar-refractivity contribution in [3.8, 4) is 0 Å². The molecule has 0 unspecified atom stereocenters. The van der Waals surface area contributed by atoms with Crippen molar-refractivity contribution in [1.82, 2.24) is 10.2 Å². The van der Waals surface area contributed by atoms with Gasteiger partial charge in [-0.3, -0.25) is 14.9 Å². The number of anilines is 1. The Morgan fingerprint density at radius 3 is 2.86 bits per heavy atom. The first-order valence-electron chi connectivity index (χ1n) is 6.10. The van der Waals surface area contributed by atoms with Crippen LogP contribution in [0.4, 0.5) is 11.4 Å². The number of nitro groups is 1. The van der Waals surface area contributed by atoms with E-state index < -0.39 is 4.92 Å². The highest BCUT2D eigenvalue weighted by Gasteiger charge is 2.26. The fourth-order valence-electron chi connectivity index (χ4n) is 2.27. The Labute approximate surface area is 128 Å². The van der Waals surface area contributed by atoms with Gasteiger partial charge in [0.15, 0.2) is 0 Å². The number of fused-ring (bicyclic) bond motifs is 1. The minimum atomic E-state index is -0.439. The molecule has 1 aliphatic rings. The summed E-state index contributed by atoms with van der Waals surface area (Å²) in [5.41, 5.74) is 1.50. The summed E-state index contributed by atoms with van der Waals surface area (Å²) in [7, 11) is 0. The van der Waals surface area contributed by atoms with Crippen LogP contribution in [0.25, 0.3) is 0 Å². The normalized spacial score (nSPS) is 14.1. The molecule has 0 saturated carbocycles. The molecule has 0 fully saturated rings. The van der Waals surface area contributed by atoms with Gasteiger partial charge in [-0.2, -0.15) is 0 Å². The minimum Gasteiger partial charge on any atom is -0.305 e. The van der Waals surface area contributed by atoms with E-state index in [-0.39, 0.29) is 18.1 Å². The fourth-order valence-corrected chi connectivity index (χ4v) is 3.12. The number of nitrogens with zero attached hydrogens (tertiary/aromatic N) is 4. The average molecular weight is 325 g/mol. The number of halogens is 1. The van der Waals surface area contributed by atoms with Crippen molar-refractivity contribution < 1.29 is 9.72 Å². The zero-order valence-electron chi connectivity index (χ0n) is 10.7. The van der Waals surface area contributed by atoms with E-state index in [1.165, 1.54) is 23.5 Å². The molecule has 9 heteroatoms. The van der Waals surface area contributed by atoms with Crippen LogP contribution in [0.2, 0.25) is 4.47 Å². The number of carbonyl (C=O) groups excluding carboxylic acids is 1. The summed E-state index contributed by atoms with van der Waals surface area (Å²) in [5, 5.41) is 19.0. The first kappa shape index (κ1) is 13.9. The number of aryl methyl sites for hydroxylation is 1. The van der Waals surface area contributed by atoms with Crippen molar-refractivity contribution in [3.05, 3.63) is 43.4 Å². The smallest absolute Gasteiger partial charge is 0.269 e. The Morgan fingerprint density at radius 1 is 1.38 bits per heavy atom. The Hall–Kier alpha value is -2.06. The SMILES string of the molecule is O=C1CCc2cc([N+](=O)[O-])ccc2N1Cc1nnc(Cl)s1. The van der Waals surface area contributed by atoms with E-state index in [0.29, 0.717) is 28.0 Å². The number of rotatable bonds is 3. The highest BCUT2D eigenvalue weighted by Crippen LogP contribution is 2.32. The fraction of sp³-hybridized carbons (Fsp3) is 0.250. The van der Waals surface area contributed by atoms with Gasteiger partial charge in [0.2, 0.25) is 10.4 Å². The standard InChI is InChI=1S/C12H9ClN4O3S/c13-12-15-14-10(21-12)6-16-9-3-2-8(17(19)20)5-7(9)1-4-11(16)18/h2-3,5H,1,4,6H2. The molecule has 1 amide bonds. The van der Waals surface area contributed by atoms with Crippen LogP contribution in [0.15, 0.2) is 18.2 Å². The lowest BCUT2D eigenvalue weighted by molar-refractivity contribution is -0.384. The van der Waals surface area contributed by atoms with Crippen molar-refractivity contribution in [2.45, 2.75) is 19.4 Å². The van der Waals surface area contributed by atoms with Gasteiger partial charge >= 0.3 is 0 Å². The average Bonchev–Trinajstić information content (AvgIpc) is 2.87. The van der Waals surface area contributed by atoms with Gasteiger partial charge in [0.1, 0.15) is 5.01 Å². The van der Waals surface area contributed by atoms with Crippen molar-refractivity contribution in [2.24, 2.45) is 0 Å². The van der Waals surface area contributed by atoms with Crippen LogP contribution in [0, 0.1) is 10.1 Å². The molecule has 1 aliphatic heterocycles. The van der Waals surface area contributed by atoms with Crippen molar-refractivity contribution in [3.63, 3.8) is 0 Å². The maximum absolute atomic E-state index is 12.1. The maximum atomic E-state index is 12.1. The van der Waals surface area contributed by atoms with Crippen LogP contribution >= 0.6 is 22.9 Å². The lowest BCUT2D eigenvalue weighted by Crippen LogP contribution is -2.34. The highest BCUT2D eigenvalue weighted by molar-refractivity contribution is 7.15. The Morgan fingerprint density at radius 2 is 2.19 bits per heavy atom. The molecule has 0 radical (unpaired) electrons. The number of benzene rings is 1. The Bertz CT molecular complexity index is 733. The third kappa shape index (κ3) is 2.72. The monoisotopic (exact) mass is 324 g/mol. The molecule has 0 aliphatic carbocycles. The van der Waals surface area contributed by atoms with Gasteiger partial charge in [-0.25, -0.2) is 0 Å². The molecule has 108 valence electrons. The molecular formula is C12H9ClN4O3S. The summed E-state index contributed by atoms with van der Waals surface area (Å²) < 4.78 is 0.318. The van der Waals surface area contributed by atoms with Crippen molar-refractivity contribution >= 4 is 40.2 Å². The zero-order chi connectivity index (χ0) is 15.0. The van der Waals surface area contributed by atoms with E-state index in [9.17, 15) is 14.9 Å². The molecular weight excluding hydrogens is 316 g/mol. The molecule has 1 aromatic carbocycles. The number of hydrogen-bond donors (Lipinski definition) is 0. The maximum Gasteiger partial charge on any atom is 0.269 e. The van der Waals surface area contributed by atoms with Crippen molar-refractivity contribution in [2.75, 3.05) is 4.90 Å². The molecule has 1 aromatic heterocycles. The van der Waals surface area contributed by atoms with Crippen LogP contribution in [0.5, 0.6) is 0 Å². The van der Waals surface area contributed by atoms with Crippen LogP contribution in [0.3, 0.4) is 0 Å². The van der Waals surface area contributed by atoms with Gasteiger partial charge in [0.05, 0.1) is 11.5 Å². The molecule has 7 nitrogen and oxygen atoms in total. The number of carbonyl (C=O) groups is 1. The van der Waals surface area contributed by atoms with E-state index in [0.717, 1.165) is 5.56 Å². The second-order valence-corrected chi connectivity index (χ2v) is 6.14. The third-order valence-electron chi connectivity index (χ3n) is 3.21. The number of aromatic nitrogens is 2. The third-order valence-corrected chi connectivity index (χ3v) is 4.21. The zero-order valence-corrected chi connectivity index (χ0v) is 12.2. The Balaban J connectivity index is 1.95. The topological polar surface area (TPSA) is 89.2 Å². The molecule has 0 bridgehead atoms.